The molecule has 3 aliphatic rings. The number of imidazole rings is 1. The number of nitrogens with zero attached hydrogens (tertiary/aromatic N) is 9. The number of rotatable bonds is 23. The number of carbonyl (C=O) groups is 3. The molecular formula is C61H79F4N13O6S. The van der Waals surface area contributed by atoms with Crippen molar-refractivity contribution in [2.45, 2.75) is 167 Å². The zero-order chi connectivity index (χ0) is 60.7. The molecule has 6 atom stereocenters. The number of alkyl halides is 2. The van der Waals surface area contributed by atoms with Crippen LogP contribution in [0.5, 0.6) is 5.75 Å². The van der Waals surface area contributed by atoms with E-state index in [1.807, 2.05) is 64.4 Å². The van der Waals surface area contributed by atoms with E-state index in [4.69, 9.17) is 16.2 Å². The Morgan fingerprint density at radius 2 is 1.66 bits per heavy atom. The molecule has 3 aliphatic heterocycles. The van der Waals surface area contributed by atoms with Gasteiger partial charge in [-0.2, -0.15) is 0 Å². The van der Waals surface area contributed by atoms with Crippen molar-refractivity contribution in [1.82, 2.24) is 49.9 Å². The number of aromatic nitrogens is 6. The highest BCUT2D eigenvalue weighted by Gasteiger charge is 2.46. The summed E-state index contributed by atoms with van der Waals surface area (Å²) in [5, 5.41) is 27.1. The van der Waals surface area contributed by atoms with Crippen molar-refractivity contribution in [1.29, 1.82) is 0 Å². The van der Waals surface area contributed by atoms with Crippen molar-refractivity contribution in [3.63, 3.8) is 0 Å². The van der Waals surface area contributed by atoms with Gasteiger partial charge in [0, 0.05) is 57.2 Å². The van der Waals surface area contributed by atoms with Crippen LogP contribution in [0.2, 0.25) is 0 Å². The number of piperidine rings is 2. The van der Waals surface area contributed by atoms with Crippen LogP contribution < -0.4 is 31.7 Å². The number of fused-ring (bicyclic) bond motifs is 1. The van der Waals surface area contributed by atoms with E-state index in [1.165, 1.54) is 23.8 Å². The highest BCUT2D eigenvalue weighted by atomic mass is 32.1. The van der Waals surface area contributed by atoms with Gasteiger partial charge in [0.05, 0.1) is 64.2 Å². The summed E-state index contributed by atoms with van der Waals surface area (Å²) in [5.74, 6) is -2.52. The van der Waals surface area contributed by atoms with E-state index in [0.717, 1.165) is 85.6 Å². The first-order valence-corrected chi connectivity index (χ1v) is 30.3. The lowest BCUT2D eigenvalue weighted by molar-refractivity contribution is -0.144. The second-order valence-electron chi connectivity index (χ2n) is 24.2. The Kier molecular flexibility index (Phi) is 20.1. The Balaban J connectivity index is 0.703. The zero-order valence-electron chi connectivity index (χ0n) is 49.0. The topological polar surface area (TPSA) is 256 Å². The Bertz CT molecular complexity index is 3280. The van der Waals surface area contributed by atoms with Gasteiger partial charge >= 0.3 is 0 Å². The molecule has 0 saturated carbocycles. The van der Waals surface area contributed by atoms with Crippen molar-refractivity contribution in [2.24, 2.45) is 11.1 Å². The molecule has 3 amide bonds. The third-order valence-electron chi connectivity index (χ3n) is 16.8. The van der Waals surface area contributed by atoms with Crippen molar-refractivity contribution in [3.8, 4) is 27.4 Å². The predicted octanol–water partition coefficient (Wildman–Crippen LogP) is 8.10. The maximum absolute atomic E-state index is 16.1. The van der Waals surface area contributed by atoms with Gasteiger partial charge in [-0.3, -0.25) is 19.4 Å². The summed E-state index contributed by atoms with van der Waals surface area (Å²) in [6.07, 6.45) is 5.65. The summed E-state index contributed by atoms with van der Waals surface area (Å²) >= 11 is 1.57. The maximum Gasteiger partial charge on any atom is 0.265 e. The van der Waals surface area contributed by atoms with Crippen LogP contribution in [0.25, 0.3) is 32.9 Å². The van der Waals surface area contributed by atoms with Crippen LogP contribution in [-0.4, -0.2) is 149 Å². The third kappa shape index (κ3) is 15.0. The van der Waals surface area contributed by atoms with Gasteiger partial charge in [-0.15, -0.1) is 11.3 Å². The molecule has 7 heterocycles. The van der Waals surface area contributed by atoms with Gasteiger partial charge in [-0.25, -0.2) is 37.5 Å². The number of ether oxygens (including phenoxy) is 1. The van der Waals surface area contributed by atoms with Gasteiger partial charge < -0.3 is 56.3 Å². The van der Waals surface area contributed by atoms with Crippen LogP contribution >= 0.6 is 11.3 Å². The first kappa shape index (κ1) is 62.7. The number of β-amino-alcohol motifs (C(OH)–C–C–N with tert-alkyl or cyclic N) is 1. The largest absolute Gasteiger partial charge is 0.487 e. The molecule has 2 aromatic carbocycles. The Hall–Kier alpha value is -6.86. The number of aliphatic hydroxyl groups excluding tert-OH is 2. The number of nitrogens with one attached hydrogen (secondary N) is 2. The number of nitrogens with two attached hydrogens (primary N) is 2. The number of likely N-dealkylation sites (tertiary alicyclic amines) is 2. The van der Waals surface area contributed by atoms with Crippen molar-refractivity contribution >= 4 is 51.7 Å². The molecule has 458 valence electrons. The van der Waals surface area contributed by atoms with Crippen LogP contribution in [0, 0.1) is 24.0 Å². The number of amides is 3. The molecule has 0 bridgehead atoms. The predicted molar refractivity (Wildman–Crippen MR) is 318 cm³/mol. The molecule has 4 aromatic heterocycles. The molecule has 85 heavy (non-hydrogen) atoms. The van der Waals surface area contributed by atoms with Crippen molar-refractivity contribution in [3.05, 3.63) is 95.3 Å². The minimum atomic E-state index is -3.05. The van der Waals surface area contributed by atoms with E-state index in [2.05, 4.69) is 40.5 Å². The average Bonchev–Trinajstić information content (AvgIpc) is 2.57. The number of carbonyl (C=O) groups excluding carboxylic acids is 3. The van der Waals surface area contributed by atoms with Gasteiger partial charge in [0.1, 0.15) is 42.0 Å². The second kappa shape index (κ2) is 27.2. The molecule has 6 aromatic rings. The third-order valence-corrected chi connectivity index (χ3v) is 17.8. The lowest BCUT2D eigenvalue weighted by Gasteiger charge is -2.44. The summed E-state index contributed by atoms with van der Waals surface area (Å²) in [7, 11) is 0. The number of hydrogen-bond donors (Lipinski definition) is 6. The number of pyridine rings is 1. The van der Waals surface area contributed by atoms with Crippen molar-refractivity contribution in [2.75, 3.05) is 49.9 Å². The number of aryl methyl sites for hydroxylation is 1. The number of halogens is 4. The summed E-state index contributed by atoms with van der Waals surface area (Å²) in [6.45, 7) is 12.3. The smallest absolute Gasteiger partial charge is 0.265 e. The minimum absolute atomic E-state index is 0.00368. The van der Waals surface area contributed by atoms with Crippen LogP contribution in [0.4, 0.5) is 29.1 Å². The van der Waals surface area contributed by atoms with E-state index in [0.29, 0.717) is 54.6 Å². The Labute approximate surface area is 497 Å². The average molecular weight is 1200 g/mol. The van der Waals surface area contributed by atoms with E-state index in [9.17, 15) is 33.4 Å². The lowest BCUT2D eigenvalue weighted by Crippen LogP contribution is -2.63. The first-order valence-electron chi connectivity index (χ1n) is 29.4. The lowest BCUT2D eigenvalue weighted by atomic mass is 9.84. The van der Waals surface area contributed by atoms with Gasteiger partial charge in [-0.1, -0.05) is 70.7 Å². The molecule has 0 unspecified atom stereocenters. The Morgan fingerprint density at radius 1 is 0.929 bits per heavy atom. The monoisotopic (exact) mass is 1200 g/mol. The van der Waals surface area contributed by atoms with Crippen LogP contribution in [0.15, 0.2) is 66.8 Å². The maximum atomic E-state index is 16.1. The second-order valence-corrected chi connectivity index (χ2v) is 25.1. The first-order chi connectivity index (χ1) is 40.6. The number of hydrogen-bond acceptors (Lipinski definition) is 16. The highest BCUT2D eigenvalue weighted by molar-refractivity contribution is 7.13. The summed E-state index contributed by atoms with van der Waals surface area (Å²) in [5.41, 5.74) is 16.7. The fourth-order valence-electron chi connectivity index (χ4n) is 11.9. The van der Waals surface area contributed by atoms with Gasteiger partial charge in [-0.05, 0) is 93.2 Å². The molecule has 9 rings (SSSR count). The molecule has 0 spiro atoms. The highest BCUT2D eigenvalue weighted by Crippen LogP contribution is 2.37. The van der Waals surface area contributed by atoms with Crippen LogP contribution in [-0.2, 0) is 20.9 Å². The molecule has 3 saturated heterocycles. The van der Waals surface area contributed by atoms with E-state index >= 15 is 8.78 Å². The number of thiazole rings is 1. The summed E-state index contributed by atoms with van der Waals surface area (Å²) in [4.78, 5) is 69.4. The molecule has 19 nitrogen and oxygen atoms in total. The molecule has 0 radical (unpaired) electrons. The minimum Gasteiger partial charge on any atom is -0.487 e. The normalized spacial score (nSPS) is 20.0. The number of aliphatic hydroxyl groups is 2. The van der Waals surface area contributed by atoms with Crippen LogP contribution in [0.1, 0.15) is 128 Å². The summed E-state index contributed by atoms with van der Waals surface area (Å²) < 4.78 is 67.3. The molecule has 3 fully saturated rings. The number of anilines is 2. The van der Waals surface area contributed by atoms with Crippen LogP contribution in [0.3, 0.4) is 0 Å². The molecule has 8 N–H and O–H groups in total. The molecule has 0 aliphatic carbocycles. The van der Waals surface area contributed by atoms with Gasteiger partial charge in [0.15, 0.2) is 23.0 Å². The van der Waals surface area contributed by atoms with E-state index < -0.39 is 59.2 Å². The summed E-state index contributed by atoms with van der Waals surface area (Å²) in [6, 6.07) is 9.51. The van der Waals surface area contributed by atoms with E-state index in [-0.39, 0.29) is 85.7 Å². The molecule has 24 heteroatoms. The van der Waals surface area contributed by atoms with E-state index in [1.54, 1.807) is 26.9 Å². The van der Waals surface area contributed by atoms with Gasteiger partial charge in [0.2, 0.25) is 17.7 Å². The quantitative estimate of drug-likeness (QED) is 0.0262. The fraction of sp³-hybridized carbons (Fsp3) is 0.541. The number of unbranched alkanes of at least 4 members (excludes halogenated alkanes) is 5. The number of benzene rings is 2. The van der Waals surface area contributed by atoms with Gasteiger partial charge in [0.25, 0.3) is 6.43 Å². The zero-order valence-corrected chi connectivity index (χ0v) is 49.8. The SMILES string of the molecule is Cc1ncsc1-c1ccc([C@H](C)NC(=O)[C@@H]2C[C@@H](O)CN2C(=O)[C@@H](NC(=O)CCCCCCCCN2CCC(Oc3cc(F)c(-c4cc(Cn5cnc6c(N)ncnc65)c(N5CCC[C@](N)([C@H](O)C(F)F)C5)cn4)cc3F)CC2)C(C)(C)C)cc1. The van der Waals surface area contributed by atoms with Crippen molar-refractivity contribution < 1.29 is 46.9 Å². The fourth-order valence-corrected chi connectivity index (χ4v) is 12.7. The molecular weight excluding hydrogens is 1120 g/mol. The number of nitrogen functional groups attached to an aromatic ring is 1. The Morgan fingerprint density at radius 3 is 2.36 bits per heavy atom. The standard InChI is InChI=1S/C61H79F4N13O6S/c1-36(38-14-16-39(17-15-38)52-37(2)72-35-85-52)73-58(82)47-26-41(79)31-78(47)59(83)53(60(3,4)5)74-50(80)13-10-8-6-7-9-11-21-75-23-18-42(19-24-75)84-49-28-44(62)43(27-45(49)63)46-25-40(30-77-34-71-51-56(66)69-33-70-57(51)77)48(29-68-46)76-22-12-20-61(67,32-76)54(81)55(64)65/h14-17,25,27-29,33-36,41-42,47,53-55,79,81H,6-13,18-24,26,30-32,67H2,1-5H3,(H,73,82)(H,74,80)(H2,66,69,70)/t36-,41+,47-,53+,54+,61+/m0/s1.